The van der Waals surface area contributed by atoms with Crippen molar-refractivity contribution in [2.75, 3.05) is 26.6 Å². The number of carbonyl (C=O) groups is 1. The molecule has 2 N–H and O–H groups in total. The second kappa shape index (κ2) is 6.08. The molecule has 1 unspecified atom stereocenters. The maximum absolute atomic E-state index is 12.3. The third-order valence-electron chi connectivity index (χ3n) is 3.79. The highest BCUT2D eigenvalue weighted by Crippen LogP contribution is 2.39. The zero-order valence-corrected chi connectivity index (χ0v) is 13.2. The topological polar surface area (TPSA) is 68.8 Å². The first-order valence-corrected chi connectivity index (χ1v) is 7.14. The number of fused-ring (bicyclic) bond motifs is 1. The van der Waals surface area contributed by atoms with Gasteiger partial charge in [-0.25, -0.2) is 0 Å². The Morgan fingerprint density at radius 1 is 0.870 bits per heavy atom. The maximum Gasteiger partial charge on any atom is 0.255 e. The van der Waals surface area contributed by atoms with E-state index in [4.69, 9.17) is 14.2 Å². The largest absolute Gasteiger partial charge is 0.496 e. The number of ether oxygens (including phenoxy) is 3. The van der Waals surface area contributed by atoms with E-state index in [1.807, 2.05) is 18.2 Å². The summed E-state index contributed by atoms with van der Waals surface area (Å²) in [6.45, 7) is 0. The summed E-state index contributed by atoms with van der Waals surface area (Å²) in [5.41, 5.74) is 2.15. The summed E-state index contributed by atoms with van der Waals surface area (Å²) < 4.78 is 16.1. The van der Waals surface area contributed by atoms with Crippen LogP contribution in [-0.4, -0.2) is 27.2 Å². The van der Waals surface area contributed by atoms with Gasteiger partial charge in [0.25, 0.3) is 5.91 Å². The monoisotopic (exact) mass is 314 g/mol. The van der Waals surface area contributed by atoms with Crippen LogP contribution in [0.2, 0.25) is 0 Å². The van der Waals surface area contributed by atoms with Crippen LogP contribution in [0.15, 0.2) is 36.4 Å². The highest BCUT2D eigenvalue weighted by Gasteiger charge is 2.27. The summed E-state index contributed by atoms with van der Waals surface area (Å²) in [5.74, 6) is 1.59. The number of para-hydroxylation sites is 1. The molecule has 6 nitrogen and oxygen atoms in total. The van der Waals surface area contributed by atoms with Crippen LogP contribution in [0, 0.1) is 0 Å². The molecule has 1 heterocycles. The first-order chi connectivity index (χ1) is 11.2. The molecule has 0 fully saturated rings. The predicted octanol–water partition coefficient (Wildman–Crippen LogP) is 2.57. The Balaban J connectivity index is 2.04. The van der Waals surface area contributed by atoms with Crippen LogP contribution < -0.4 is 24.8 Å². The number of rotatable bonds is 4. The van der Waals surface area contributed by atoms with E-state index in [2.05, 4.69) is 10.6 Å². The molecule has 2 aromatic carbocycles. The van der Waals surface area contributed by atoms with Gasteiger partial charge in [-0.1, -0.05) is 12.1 Å². The minimum Gasteiger partial charge on any atom is -0.496 e. The van der Waals surface area contributed by atoms with E-state index in [0.29, 0.717) is 22.8 Å². The van der Waals surface area contributed by atoms with E-state index < -0.39 is 6.17 Å². The van der Waals surface area contributed by atoms with Crippen LogP contribution in [-0.2, 0) is 0 Å². The van der Waals surface area contributed by atoms with Gasteiger partial charge in [0, 0.05) is 17.3 Å². The Kier molecular flexibility index (Phi) is 3.97. The highest BCUT2D eigenvalue weighted by atomic mass is 16.5. The molecule has 0 aliphatic carbocycles. The lowest BCUT2D eigenvalue weighted by Crippen LogP contribution is -2.38. The molecule has 3 rings (SSSR count). The van der Waals surface area contributed by atoms with E-state index in [-0.39, 0.29) is 5.91 Å². The third-order valence-corrected chi connectivity index (χ3v) is 3.79. The number of methoxy groups -OCH3 is 3. The number of hydrogen-bond acceptors (Lipinski definition) is 5. The Bertz CT molecular complexity index is 745. The van der Waals surface area contributed by atoms with Crippen molar-refractivity contribution in [1.29, 1.82) is 0 Å². The Labute approximate surface area is 134 Å². The van der Waals surface area contributed by atoms with Crippen LogP contribution in [0.3, 0.4) is 0 Å². The summed E-state index contributed by atoms with van der Waals surface area (Å²) >= 11 is 0. The van der Waals surface area contributed by atoms with Crippen LogP contribution in [0.25, 0.3) is 0 Å². The predicted molar refractivity (Wildman–Crippen MR) is 86.4 cm³/mol. The van der Waals surface area contributed by atoms with Crippen molar-refractivity contribution < 1.29 is 19.0 Å². The van der Waals surface area contributed by atoms with Gasteiger partial charge in [-0.15, -0.1) is 0 Å². The average Bonchev–Trinajstić information content (AvgIpc) is 2.60. The lowest BCUT2D eigenvalue weighted by Gasteiger charge is -2.29. The Morgan fingerprint density at radius 3 is 2.22 bits per heavy atom. The normalized spacial score (nSPS) is 16.0. The fraction of sp³-hybridized carbons (Fsp3) is 0.235. The van der Waals surface area contributed by atoms with Gasteiger partial charge < -0.3 is 24.8 Å². The Morgan fingerprint density at radius 2 is 1.52 bits per heavy atom. The second-order valence-electron chi connectivity index (χ2n) is 5.05. The number of hydrogen-bond donors (Lipinski definition) is 2. The van der Waals surface area contributed by atoms with Crippen molar-refractivity contribution in [3.05, 3.63) is 47.5 Å². The van der Waals surface area contributed by atoms with Crippen molar-refractivity contribution >= 4 is 11.6 Å². The molecule has 0 aromatic heterocycles. The quantitative estimate of drug-likeness (QED) is 0.908. The Hall–Kier alpha value is -2.89. The lowest BCUT2D eigenvalue weighted by atomic mass is 10.0. The molecule has 0 spiro atoms. The molecule has 120 valence electrons. The van der Waals surface area contributed by atoms with Crippen molar-refractivity contribution in [2.24, 2.45) is 0 Å². The molecule has 6 heteroatoms. The first-order valence-electron chi connectivity index (χ1n) is 7.14. The van der Waals surface area contributed by atoms with Crippen LogP contribution in [0.5, 0.6) is 17.2 Å². The number of benzene rings is 2. The van der Waals surface area contributed by atoms with Crippen molar-refractivity contribution in [1.82, 2.24) is 5.32 Å². The van der Waals surface area contributed by atoms with E-state index in [9.17, 15) is 4.79 Å². The molecule has 0 saturated carbocycles. The number of nitrogens with one attached hydrogen (secondary N) is 2. The molecule has 23 heavy (non-hydrogen) atoms. The van der Waals surface area contributed by atoms with Gasteiger partial charge in [0.2, 0.25) is 0 Å². The van der Waals surface area contributed by atoms with Gasteiger partial charge >= 0.3 is 0 Å². The van der Waals surface area contributed by atoms with E-state index in [0.717, 1.165) is 11.3 Å². The van der Waals surface area contributed by atoms with E-state index in [1.54, 1.807) is 39.5 Å². The van der Waals surface area contributed by atoms with Gasteiger partial charge in [-0.2, -0.15) is 0 Å². The molecule has 1 aliphatic heterocycles. The molecule has 1 amide bonds. The smallest absolute Gasteiger partial charge is 0.255 e. The highest BCUT2D eigenvalue weighted by molar-refractivity contribution is 6.01. The molecular formula is C17H18N2O4. The molecule has 0 radical (unpaired) electrons. The summed E-state index contributed by atoms with van der Waals surface area (Å²) in [7, 11) is 4.70. The van der Waals surface area contributed by atoms with Gasteiger partial charge in [-0.05, 0) is 18.2 Å². The summed E-state index contributed by atoms with van der Waals surface area (Å²) in [6.07, 6.45) is -0.424. The number of anilines is 1. The average molecular weight is 314 g/mol. The molecular weight excluding hydrogens is 296 g/mol. The lowest BCUT2D eigenvalue weighted by molar-refractivity contribution is 0.0935. The molecule has 2 aromatic rings. The summed E-state index contributed by atoms with van der Waals surface area (Å²) in [5, 5.41) is 6.22. The zero-order chi connectivity index (χ0) is 16.4. The van der Waals surface area contributed by atoms with Crippen molar-refractivity contribution in [2.45, 2.75) is 6.17 Å². The molecule has 1 aliphatic rings. The maximum atomic E-state index is 12.3. The third kappa shape index (κ3) is 2.63. The minimum absolute atomic E-state index is 0.138. The fourth-order valence-corrected chi connectivity index (χ4v) is 2.64. The molecule has 1 atom stereocenters. The van der Waals surface area contributed by atoms with Gasteiger partial charge in [0.1, 0.15) is 11.9 Å². The van der Waals surface area contributed by atoms with E-state index in [1.165, 1.54) is 0 Å². The minimum atomic E-state index is -0.424. The zero-order valence-electron chi connectivity index (χ0n) is 13.2. The van der Waals surface area contributed by atoms with Crippen molar-refractivity contribution in [3.63, 3.8) is 0 Å². The standard InChI is InChI=1S/C17H18N2O4/c1-21-13-9-15(23-3)14(22-2)8-11(13)16-18-12-7-5-4-6-10(12)17(20)19-16/h4-9,16,18H,1-3H3,(H,19,20). The van der Waals surface area contributed by atoms with Crippen LogP contribution in [0.1, 0.15) is 22.1 Å². The second-order valence-corrected chi connectivity index (χ2v) is 5.05. The van der Waals surface area contributed by atoms with Gasteiger partial charge in [-0.3, -0.25) is 4.79 Å². The number of amides is 1. The molecule has 0 saturated heterocycles. The van der Waals surface area contributed by atoms with Crippen LogP contribution in [0.4, 0.5) is 5.69 Å². The van der Waals surface area contributed by atoms with E-state index >= 15 is 0 Å². The van der Waals surface area contributed by atoms with Gasteiger partial charge in [0.05, 0.1) is 26.9 Å². The fourth-order valence-electron chi connectivity index (χ4n) is 2.64. The van der Waals surface area contributed by atoms with Gasteiger partial charge in [0.15, 0.2) is 11.5 Å². The summed E-state index contributed by atoms with van der Waals surface area (Å²) in [6, 6.07) is 10.9. The summed E-state index contributed by atoms with van der Waals surface area (Å²) in [4.78, 5) is 12.3. The molecule has 0 bridgehead atoms. The van der Waals surface area contributed by atoms with Crippen molar-refractivity contribution in [3.8, 4) is 17.2 Å². The first kappa shape index (κ1) is 15.0. The SMILES string of the molecule is COc1cc(OC)c(C2NC(=O)c3ccccc3N2)cc1OC. The number of carbonyl (C=O) groups excluding carboxylic acids is 1. The van der Waals surface area contributed by atoms with Crippen LogP contribution >= 0.6 is 0 Å².